The Morgan fingerprint density at radius 3 is 1.11 bits per heavy atom. The third-order valence-electron chi connectivity index (χ3n) is 9.20. The molecule has 53 heavy (non-hydrogen) atoms. The van der Waals surface area contributed by atoms with Crippen LogP contribution in [-0.4, -0.2) is 41.5 Å². The minimum Gasteiger partial charge on any atom is -0.508 e. The number of hydrogen-bond acceptors (Lipinski definition) is 9. The fourth-order valence-electron chi connectivity index (χ4n) is 6.92. The summed E-state index contributed by atoms with van der Waals surface area (Å²) in [4.78, 5) is 37.8. The summed E-state index contributed by atoms with van der Waals surface area (Å²) in [5, 5.41) is 33.7. The molecule has 0 aromatic heterocycles. The molecule has 0 aliphatic carbocycles. The highest BCUT2D eigenvalue weighted by atomic mass is 31.3. The zero-order chi connectivity index (χ0) is 40.9. The molecule has 0 saturated heterocycles. The first kappa shape index (κ1) is 44.9. The van der Waals surface area contributed by atoms with Crippen LogP contribution < -0.4 is 0 Å². The number of rotatable bonds is 12. The molecule has 16 heteroatoms. The topological polar surface area (TPSA) is 221 Å². The molecule has 3 aromatic carbocycles. The summed E-state index contributed by atoms with van der Waals surface area (Å²) in [5.74, 6) is 0.280. The van der Waals surface area contributed by atoms with E-state index in [1.54, 1.807) is 18.2 Å². The Bertz CT molecular complexity index is 1830. The minimum absolute atomic E-state index is 0.00943. The van der Waals surface area contributed by atoms with Crippen molar-refractivity contribution in [1.29, 1.82) is 0 Å². The summed E-state index contributed by atoms with van der Waals surface area (Å²) in [6.07, 6.45) is 0.132. The maximum Gasteiger partial charge on any atom is 0.490 e. The molecule has 0 saturated carbocycles. The largest absolute Gasteiger partial charge is 0.508 e. The summed E-state index contributed by atoms with van der Waals surface area (Å²) in [7, 11) is -16.7. The van der Waals surface area contributed by atoms with Crippen LogP contribution in [0.25, 0.3) is 0 Å². The first-order chi connectivity index (χ1) is 23.7. The van der Waals surface area contributed by atoms with Gasteiger partial charge in [-0.25, -0.2) is 13.7 Å². The second-order valence-corrected chi connectivity index (χ2v) is 21.2. The number of phosphoric ester groups is 1. The van der Waals surface area contributed by atoms with Crippen molar-refractivity contribution < 1.29 is 61.7 Å². The number of aromatic hydroxyl groups is 3. The molecule has 0 heterocycles. The van der Waals surface area contributed by atoms with Gasteiger partial charge >= 0.3 is 23.5 Å². The average molecular weight is 801 g/mol. The Kier molecular flexibility index (Phi) is 12.9. The Morgan fingerprint density at radius 2 is 0.830 bits per heavy atom. The third-order valence-corrected chi connectivity index (χ3v) is 13.0. The highest BCUT2D eigenvalue weighted by molar-refractivity contribution is 7.66. The summed E-state index contributed by atoms with van der Waals surface area (Å²) in [5.41, 5.74) is 3.65. The normalized spacial score (nSPS) is 15.6. The van der Waals surface area contributed by atoms with Gasteiger partial charge in [0.05, 0.1) is 6.61 Å². The Morgan fingerprint density at radius 1 is 0.509 bits per heavy atom. The molecule has 0 radical (unpaired) electrons. The highest BCUT2D eigenvalue weighted by Gasteiger charge is 2.44. The van der Waals surface area contributed by atoms with Crippen LogP contribution in [0.5, 0.6) is 17.2 Å². The molecule has 0 amide bonds. The number of phosphoric acid groups is 3. The lowest BCUT2D eigenvalue weighted by atomic mass is 9.61. The molecule has 0 bridgehead atoms. The lowest BCUT2D eigenvalue weighted by molar-refractivity contribution is 0.168. The monoisotopic (exact) mass is 800 g/mol. The van der Waals surface area contributed by atoms with E-state index in [0.717, 1.165) is 16.7 Å². The number of hydrogen-bond donors (Lipinski definition) is 7. The van der Waals surface area contributed by atoms with Crippen molar-refractivity contribution in [3.8, 4) is 17.2 Å². The van der Waals surface area contributed by atoms with Gasteiger partial charge in [-0.3, -0.25) is 4.52 Å². The average Bonchev–Trinajstić information content (AvgIpc) is 2.90. The van der Waals surface area contributed by atoms with Crippen LogP contribution in [0.3, 0.4) is 0 Å². The van der Waals surface area contributed by atoms with E-state index in [1.807, 2.05) is 101 Å². The second kappa shape index (κ2) is 15.2. The van der Waals surface area contributed by atoms with E-state index in [-0.39, 0.29) is 30.1 Å². The third kappa shape index (κ3) is 10.6. The van der Waals surface area contributed by atoms with Gasteiger partial charge in [0, 0.05) is 5.41 Å². The molecule has 0 spiro atoms. The SMILES string of the molecule is Cc1cc(O)c(C(C)(C)C)cc1C(CCCOP(=O)(O)OP(=O)(O)OP(=O)(O)O)(c1cc(C(C)(C)C)c(O)cc1C)c1cc(C(C)(C)C)c(O)cc1C. The van der Waals surface area contributed by atoms with Crippen LogP contribution >= 0.6 is 23.5 Å². The Hall–Kier alpha value is -2.53. The molecule has 3 rings (SSSR count). The van der Waals surface area contributed by atoms with Crippen molar-refractivity contribution in [3.63, 3.8) is 0 Å². The van der Waals surface area contributed by atoms with E-state index in [1.165, 1.54) is 0 Å². The fraction of sp³-hybridized carbons (Fsp3) is 0.514. The lowest BCUT2D eigenvalue weighted by Crippen LogP contribution is -2.34. The summed E-state index contributed by atoms with van der Waals surface area (Å²) >= 11 is 0. The van der Waals surface area contributed by atoms with Gasteiger partial charge < -0.3 is 34.9 Å². The summed E-state index contributed by atoms with van der Waals surface area (Å²) in [6.45, 7) is 22.8. The minimum atomic E-state index is -5.73. The van der Waals surface area contributed by atoms with Crippen molar-refractivity contribution in [1.82, 2.24) is 0 Å². The van der Waals surface area contributed by atoms with Gasteiger partial charge in [-0.2, -0.15) is 8.62 Å². The van der Waals surface area contributed by atoms with Gasteiger partial charge in [0.15, 0.2) is 0 Å². The second-order valence-electron chi connectivity index (χ2n) is 16.7. The van der Waals surface area contributed by atoms with Crippen molar-refractivity contribution in [2.75, 3.05) is 6.61 Å². The molecule has 13 nitrogen and oxygen atoms in total. The molecule has 0 aliphatic heterocycles. The molecule has 296 valence electrons. The van der Waals surface area contributed by atoms with Gasteiger partial charge in [0.25, 0.3) is 0 Å². The van der Waals surface area contributed by atoms with Crippen LogP contribution in [0.1, 0.15) is 125 Å². The smallest absolute Gasteiger partial charge is 0.490 e. The molecule has 0 fully saturated rings. The zero-order valence-electron chi connectivity index (χ0n) is 32.5. The zero-order valence-corrected chi connectivity index (χ0v) is 35.2. The van der Waals surface area contributed by atoms with Gasteiger partial charge in [0.1, 0.15) is 17.2 Å². The molecule has 3 aromatic rings. The van der Waals surface area contributed by atoms with Crippen molar-refractivity contribution in [2.24, 2.45) is 0 Å². The maximum atomic E-state index is 12.8. The van der Waals surface area contributed by atoms with Crippen LogP contribution in [0.15, 0.2) is 36.4 Å². The molecular formula is C37H55O13P3. The predicted octanol–water partition coefficient (Wildman–Crippen LogP) is 9.08. The quantitative estimate of drug-likeness (QED) is 0.0517. The number of phenols is 3. The Labute approximate surface area is 312 Å². The Balaban J connectivity index is 2.47. The van der Waals surface area contributed by atoms with E-state index in [0.29, 0.717) is 33.4 Å². The molecular weight excluding hydrogens is 745 g/mol. The van der Waals surface area contributed by atoms with E-state index in [9.17, 15) is 38.8 Å². The first-order valence-corrected chi connectivity index (χ1v) is 21.6. The van der Waals surface area contributed by atoms with Gasteiger partial charge in [-0.05, 0) is 118 Å². The predicted molar refractivity (Wildman–Crippen MR) is 204 cm³/mol. The van der Waals surface area contributed by atoms with E-state index in [2.05, 4.69) is 8.62 Å². The number of benzene rings is 3. The van der Waals surface area contributed by atoms with Crippen molar-refractivity contribution >= 4 is 23.5 Å². The summed E-state index contributed by atoms with van der Waals surface area (Å²) < 4.78 is 48.8. The summed E-state index contributed by atoms with van der Waals surface area (Å²) in [6, 6.07) is 10.9. The number of aryl methyl sites for hydroxylation is 3. The van der Waals surface area contributed by atoms with Gasteiger partial charge in [-0.15, -0.1) is 0 Å². The van der Waals surface area contributed by atoms with Crippen LogP contribution in [0, 0.1) is 20.8 Å². The first-order valence-electron chi connectivity index (χ1n) is 17.0. The van der Waals surface area contributed by atoms with E-state index < -0.39 is 51.7 Å². The lowest BCUT2D eigenvalue weighted by Gasteiger charge is -2.42. The molecule has 0 aliphatic rings. The highest BCUT2D eigenvalue weighted by Crippen LogP contribution is 2.66. The van der Waals surface area contributed by atoms with E-state index >= 15 is 0 Å². The van der Waals surface area contributed by atoms with Crippen molar-refractivity contribution in [2.45, 2.75) is 118 Å². The van der Waals surface area contributed by atoms with Gasteiger partial charge in [0.2, 0.25) is 0 Å². The fourth-order valence-corrected chi connectivity index (χ4v) is 9.97. The molecule has 7 N–H and O–H groups in total. The molecule has 2 unspecified atom stereocenters. The maximum absolute atomic E-state index is 12.8. The van der Waals surface area contributed by atoms with Crippen molar-refractivity contribution in [3.05, 3.63) is 86.5 Å². The van der Waals surface area contributed by atoms with Crippen LogP contribution in [0.4, 0.5) is 0 Å². The standard InChI is InChI=1S/C37H55O13P3/c1-22-16-31(38)28(34(4,5)6)19-25(22)37(26-20-29(35(7,8)9)32(39)17-23(26)2,27-21-30(36(10,11)12)33(40)18-24(27)3)14-13-15-48-52(44,45)50-53(46,47)49-51(41,42)43/h16-21,38-40H,13-15H2,1-12H3,(H,44,45)(H,46,47)(H2,41,42,43). The van der Waals surface area contributed by atoms with Gasteiger partial charge in [-0.1, -0.05) is 80.5 Å². The number of phenolic OH excluding ortho intramolecular Hbond substituents is 3. The van der Waals surface area contributed by atoms with E-state index in [4.69, 9.17) is 14.3 Å². The van der Waals surface area contributed by atoms with Crippen LogP contribution in [0.2, 0.25) is 0 Å². The van der Waals surface area contributed by atoms with Crippen LogP contribution in [-0.2, 0) is 48.5 Å². The molecule has 2 atom stereocenters.